The minimum atomic E-state index is -0.174. The Morgan fingerprint density at radius 2 is 1.42 bits per heavy atom. The molecule has 100 valence electrons. The van der Waals surface area contributed by atoms with Gasteiger partial charge in [-0.1, -0.05) is 74.9 Å². The normalized spacial score (nSPS) is 12.3. The third-order valence-corrected chi connectivity index (χ3v) is 5.93. The first-order chi connectivity index (χ1) is 9.35. The zero-order valence-corrected chi connectivity index (χ0v) is 12.9. The van der Waals surface area contributed by atoms with Crippen LogP contribution >= 0.6 is 7.92 Å². The quantitative estimate of drug-likeness (QED) is 0.679. The topological polar surface area (TPSA) is 0 Å². The third-order valence-electron chi connectivity index (χ3n) is 3.45. The highest BCUT2D eigenvalue weighted by atomic mass is 31.1. The van der Waals surface area contributed by atoms with Crippen molar-refractivity contribution in [2.75, 3.05) is 6.16 Å². The van der Waals surface area contributed by atoms with Gasteiger partial charge in [0.25, 0.3) is 0 Å². The third kappa shape index (κ3) is 3.91. The SMILES string of the molecule is CCCCc1ccc(P(CC)c2ccccc2)cc1. The second-order valence-corrected chi connectivity index (χ2v) is 7.37. The van der Waals surface area contributed by atoms with Crippen molar-refractivity contribution in [3.63, 3.8) is 0 Å². The lowest BCUT2D eigenvalue weighted by Gasteiger charge is -2.17. The lowest BCUT2D eigenvalue weighted by Crippen LogP contribution is -2.13. The summed E-state index contributed by atoms with van der Waals surface area (Å²) in [5, 5.41) is 2.99. The first-order valence-corrected chi connectivity index (χ1v) is 8.79. The van der Waals surface area contributed by atoms with Crippen molar-refractivity contribution >= 4 is 18.5 Å². The number of benzene rings is 2. The van der Waals surface area contributed by atoms with Crippen LogP contribution < -0.4 is 10.6 Å². The molecule has 0 spiro atoms. The Morgan fingerprint density at radius 3 is 2.00 bits per heavy atom. The molecule has 0 aliphatic carbocycles. The summed E-state index contributed by atoms with van der Waals surface area (Å²) in [6, 6.07) is 20.2. The largest absolute Gasteiger partial charge is 0.0654 e. The van der Waals surface area contributed by atoms with Crippen LogP contribution in [0.15, 0.2) is 54.6 Å². The van der Waals surface area contributed by atoms with Crippen molar-refractivity contribution in [3.05, 3.63) is 60.2 Å². The van der Waals surface area contributed by atoms with E-state index in [9.17, 15) is 0 Å². The zero-order valence-electron chi connectivity index (χ0n) is 12.0. The fraction of sp³-hybridized carbons (Fsp3) is 0.333. The van der Waals surface area contributed by atoms with E-state index in [2.05, 4.69) is 68.4 Å². The van der Waals surface area contributed by atoms with Crippen LogP contribution in [0.3, 0.4) is 0 Å². The minimum absolute atomic E-state index is 0.174. The molecule has 0 saturated heterocycles. The van der Waals surface area contributed by atoms with Gasteiger partial charge in [0.15, 0.2) is 0 Å². The van der Waals surface area contributed by atoms with E-state index in [1.807, 2.05) is 0 Å². The highest BCUT2D eigenvalue weighted by Gasteiger charge is 2.10. The molecule has 0 aliphatic heterocycles. The predicted molar refractivity (Wildman–Crippen MR) is 88.2 cm³/mol. The van der Waals surface area contributed by atoms with Crippen molar-refractivity contribution in [1.82, 2.24) is 0 Å². The lowest BCUT2D eigenvalue weighted by atomic mass is 10.1. The average Bonchev–Trinajstić information content (AvgIpc) is 2.48. The molecule has 0 bridgehead atoms. The van der Waals surface area contributed by atoms with Gasteiger partial charge in [0.2, 0.25) is 0 Å². The summed E-state index contributed by atoms with van der Waals surface area (Å²) in [7, 11) is -0.174. The maximum Gasteiger partial charge on any atom is -0.0195 e. The summed E-state index contributed by atoms with van der Waals surface area (Å²) in [4.78, 5) is 0. The molecular formula is C18H23P. The Kier molecular flexibility index (Phi) is 5.61. The van der Waals surface area contributed by atoms with Gasteiger partial charge in [-0.15, -0.1) is 0 Å². The van der Waals surface area contributed by atoms with E-state index < -0.39 is 0 Å². The van der Waals surface area contributed by atoms with E-state index in [1.54, 1.807) is 0 Å². The molecule has 2 rings (SSSR count). The van der Waals surface area contributed by atoms with Crippen LogP contribution in [0.2, 0.25) is 0 Å². The lowest BCUT2D eigenvalue weighted by molar-refractivity contribution is 0.795. The van der Waals surface area contributed by atoms with E-state index >= 15 is 0 Å². The number of unbranched alkanes of at least 4 members (excludes halogenated alkanes) is 1. The molecule has 0 aromatic heterocycles. The fourth-order valence-electron chi connectivity index (χ4n) is 2.35. The van der Waals surface area contributed by atoms with Crippen molar-refractivity contribution in [1.29, 1.82) is 0 Å². The van der Waals surface area contributed by atoms with Crippen LogP contribution in [0.25, 0.3) is 0 Å². The van der Waals surface area contributed by atoms with E-state index in [0.717, 1.165) is 0 Å². The van der Waals surface area contributed by atoms with E-state index in [1.165, 1.54) is 41.6 Å². The van der Waals surface area contributed by atoms with Crippen LogP contribution in [-0.2, 0) is 6.42 Å². The second kappa shape index (κ2) is 7.46. The van der Waals surface area contributed by atoms with Gasteiger partial charge in [-0.3, -0.25) is 0 Å². The summed E-state index contributed by atoms with van der Waals surface area (Å²) in [5.74, 6) is 0. The predicted octanol–water partition coefficient (Wildman–Crippen LogP) is 4.48. The van der Waals surface area contributed by atoms with Gasteiger partial charge >= 0.3 is 0 Å². The Bertz CT molecular complexity index is 473. The Labute approximate surface area is 118 Å². The molecule has 0 fully saturated rings. The Morgan fingerprint density at radius 1 is 0.789 bits per heavy atom. The van der Waals surface area contributed by atoms with Gasteiger partial charge in [-0.2, -0.15) is 0 Å². The van der Waals surface area contributed by atoms with Gasteiger partial charge in [-0.05, 0) is 43.1 Å². The van der Waals surface area contributed by atoms with Crippen LogP contribution in [0.4, 0.5) is 0 Å². The van der Waals surface area contributed by atoms with Crippen molar-refractivity contribution in [3.8, 4) is 0 Å². The molecule has 0 amide bonds. The van der Waals surface area contributed by atoms with Crippen molar-refractivity contribution in [2.24, 2.45) is 0 Å². The molecule has 0 aliphatic rings. The second-order valence-electron chi connectivity index (χ2n) is 4.85. The first-order valence-electron chi connectivity index (χ1n) is 7.26. The monoisotopic (exact) mass is 270 g/mol. The number of rotatable bonds is 6. The average molecular weight is 270 g/mol. The minimum Gasteiger partial charge on any atom is -0.0654 e. The van der Waals surface area contributed by atoms with Gasteiger partial charge in [-0.25, -0.2) is 0 Å². The highest BCUT2D eigenvalue weighted by molar-refractivity contribution is 7.72. The summed E-state index contributed by atoms with van der Waals surface area (Å²) in [5.41, 5.74) is 1.48. The standard InChI is InChI=1S/C18H23P/c1-3-5-9-16-12-14-18(15-13-16)19(4-2)17-10-7-6-8-11-17/h6-8,10-15H,3-5,9H2,1-2H3. The van der Waals surface area contributed by atoms with Gasteiger partial charge in [0, 0.05) is 0 Å². The summed E-state index contributed by atoms with van der Waals surface area (Å²) in [6.07, 6.45) is 4.99. The number of hydrogen-bond donors (Lipinski definition) is 0. The Balaban J connectivity index is 2.15. The zero-order chi connectivity index (χ0) is 13.5. The molecule has 1 heteroatoms. The maximum absolute atomic E-state index is 2.34. The Hall–Kier alpha value is -1.13. The smallest absolute Gasteiger partial charge is 0.0195 e. The van der Waals surface area contributed by atoms with Gasteiger partial charge in [0.1, 0.15) is 0 Å². The molecule has 0 nitrogen and oxygen atoms in total. The van der Waals surface area contributed by atoms with E-state index in [-0.39, 0.29) is 7.92 Å². The van der Waals surface area contributed by atoms with Gasteiger partial charge in [0.05, 0.1) is 0 Å². The highest BCUT2D eigenvalue weighted by Crippen LogP contribution is 2.32. The molecule has 2 aromatic carbocycles. The number of hydrogen-bond acceptors (Lipinski definition) is 0. The summed E-state index contributed by atoms with van der Waals surface area (Å²) in [6.45, 7) is 4.55. The molecule has 0 saturated carbocycles. The molecule has 2 aromatic rings. The number of aryl methyl sites for hydroxylation is 1. The van der Waals surface area contributed by atoms with Gasteiger partial charge < -0.3 is 0 Å². The molecule has 1 atom stereocenters. The molecule has 0 N–H and O–H groups in total. The van der Waals surface area contributed by atoms with Crippen LogP contribution in [0.1, 0.15) is 32.3 Å². The molecule has 0 radical (unpaired) electrons. The van der Waals surface area contributed by atoms with E-state index in [0.29, 0.717) is 0 Å². The molecule has 19 heavy (non-hydrogen) atoms. The van der Waals surface area contributed by atoms with Crippen LogP contribution in [-0.4, -0.2) is 6.16 Å². The van der Waals surface area contributed by atoms with Crippen molar-refractivity contribution < 1.29 is 0 Å². The maximum atomic E-state index is 2.34. The fourth-order valence-corrected chi connectivity index (χ4v) is 4.42. The summed E-state index contributed by atoms with van der Waals surface area (Å²) >= 11 is 0. The van der Waals surface area contributed by atoms with Crippen LogP contribution in [0.5, 0.6) is 0 Å². The van der Waals surface area contributed by atoms with Crippen molar-refractivity contribution in [2.45, 2.75) is 33.1 Å². The van der Waals surface area contributed by atoms with Crippen LogP contribution in [0, 0.1) is 0 Å². The first kappa shape index (κ1) is 14.3. The molecular weight excluding hydrogens is 247 g/mol. The summed E-state index contributed by atoms with van der Waals surface area (Å²) < 4.78 is 0. The molecule has 1 unspecified atom stereocenters. The molecule has 0 heterocycles. The van der Waals surface area contributed by atoms with E-state index in [4.69, 9.17) is 0 Å².